The van der Waals surface area contributed by atoms with E-state index in [2.05, 4.69) is 48.3 Å². The van der Waals surface area contributed by atoms with Gasteiger partial charge in [-0.25, -0.2) is 4.98 Å². The molecule has 4 rings (SSSR count). The van der Waals surface area contributed by atoms with Crippen molar-refractivity contribution in [2.75, 3.05) is 39.4 Å². The molecule has 3 aromatic rings. The normalized spacial score (nSPS) is 14.8. The first-order valence-corrected chi connectivity index (χ1v) is 11.2. The van der Waals surface area contributed by atoms with Crippen molar-refractivity contribution >= 4 is 16.8 Å². The summed E-state index contributed by atoms with van der Waals surface area (Å²) >= 11 is 0. The molecule has 1 amide bonds. The van der Waals surface area contributed by atoms with E-state index in [9.17, 15) is 4.79 Å². The van der Waals surface area contributed by atoms with Gasteiger partial charge in [0, 0.05) is 37.1 Å². The lowest BCUT2D eigenvalue weighted by atomic mass is 9.99. The zero-order valence-corrected chi connectivity index (χ0v) is 18.4. The fraction of sp³-hybridized carbons (Fsp3) is 0.385. The minimum atomic E-state index is -0.0514. The summed E-state index contributed by atoms with van der Waals surface area (Å²) in [4.78, 5) is 20.2. The van der Waals surface area contributed by atoms with Crippen LogP contribution < -0.4 is 5.32 Å². The lowest BCUT2D eigenvalue weighted by Crippen LogP contribution is -2.41. The van der Waals surface area contributed by atoms with Crippen LogP contribution in [0, 0.1) is 5.92 Å². The van der Waals surface area contributed by atoms with Gasteiger partial charge in [-0.15, -0.1) is 0 Å². The summed E-state index contributed by atoms with van der Waals surface area (Å²) in [6.07, 6.45) is 1.06. The number of rotatable bonds is 7. The van der Waals surface area contributed by atoms with Crippen molar-refractivity contribution in [2.45, 2.75) is 20.3 Å². The highest BCUT2D eigenvalue weighted by Crippen LogP contribution is 2.25. The highest BCUT2D eigenvalue weighted by molar-refractivity contribution is 6.07. The maximum absolute atomic E-state index is 13.1. The lowest BCUT2D eigenvalue weighted by Gasteiger charge is -2.26. The molecule has 5 nitrogen and oxygen atoms in total. The van der Waals surface area contributed by atoms with E-state index < -0.39 is 0 Å². The third kappa shape index (κ3) is 5.49. The van der Waals surface area contributed by atoms with Gasteiger partial charge >= 0.3 is 0 Å². The van der Waals surface area contributed by atoms with E-state index in [0.29, 0.717) is 18.0 Å². The fourth-order valence-corrected chi connectivity index (χ4v) is 4.04. The van der Waals surface area contributed by atoms with E-state index in [4.69, 9.17) is 9.72 Å². The summed E-state index contributed by atoms with van der Waals surface area (Å²) in [5.41, 5.74) is 4.69. The molecule has 0 radical (unpaired) electrons. The average Bonchev–Trinajstić information content (AvgIpc) is 2.79. The molecule has 2 heterocycles. The molecule has 2 aromatic carbocycles. The zero-order valence-electron chi connectivity index (χ0n) is 18.4. The SMILES string of the molecule is CC(C)Cc1ccc(-c2cc(C(=O)NCCN3CCOCC3)c3ccccc3n2)cc1. The van der Waals surface area contributed by atoms with Crippen molar-refractivity contribution in [2.24, 2.45) is 5.92 Å². The molecular formula is C26H31N3O2. The van der Waals surface area contributed by atoms with Gasteiger partial charge in [0.2, 0.25) is 0 Å². The van der Waals surface area contributed by atoms with Crippen LogP contribution in [0.5, 0.6) is 0 Å². The first kappa shape index (κ1) is 21.5. The van der Waals surface area contributed by atoms with E-state index in [1.807, 2.05) is 30.3 Å². The number of aromatic nitrogens is 1. The predicted octanol–water partition coefficient (Wildman–Crippen LogP) is 4.16. The lowest BCUT2D eigenvalue weighted by molar-refractivity contribution is 0.0383. The number of amides is 1. The van der Waals surface area contributed by atoms with Crippen LogP contribution in [-0.2, 0) is 11.2 Å². The number of morpholine rings is 1. The van der Waals surface area contributed by atoms with E-state index >= 15 is 0 Å². The van der Waals surface area contributed by atoms with Crippen LogP contribution in [0.4, 0.5) is 0 Å². The van der Waals surface area contributed by atoms with Gasteiger partial charge in [0.05, 0.1) is 30.0 Å². The van der Waals surface area contributed by atoms with Gasteiger partial charge in [-0.3, -0.25) is 9.69 Å². The Morgan fingerprint density at radius 1 is 1.10 bits per heavy atom. The maximum atomic E-state index is 13.1. The van der Waals surface area contributed by atoms with Crippen LogP contribution in [0.25, 0.3) is 22.2 Å². The van der Waals surface area contributed by atoms with Crippen molar-refractivity contribution < 1.29 is 9.53 Å². The third-order valence-electron chi connectivity index (χ3n) is 5.67. The number of ether oxygens (including phenoxy) is 1. The monoisotopic (exact) mass is 417 g/mol. The summed E-state index contributed by atoms with van der Waals surface area (Å²) < 4.78 is 5.39. The highest BCUT2D eigenvalue weighted by Gasteiger charge is 2.15. The van der Waals surface area contributed by atoms with Gasteiger partial charge in [0.15, 0.2) is 0 Å². The second-order valence-corrected chi connectivity index (χ2v) is 8.58. The Hall–Kier alpha value is -2.76. The number of carbonyl (C=O) groups is 1. The minimum Gasteiger partial charge on any atom is -0.379 e. The van der Waals surface area contributed by atoms with E-state index in [-0.39, 0.29) is 5.91 Å². The molecule has 0 saturated carbocycles. The second-order valence-electron chi connectivity index (χ2n) is 8.58. The minimum absolute atomic E-state index is 0.0514. The molecule has 1 fully saturated rings. The van der Waals surface area contributed by atoms with Crippen LogP contribution in [0.3, 0.4) is 0 Å². The number of para-hydroxylation sites is 1. The zero-order chi connectivity index (χ0) is 21.6. The summed E-state index contributed by atoms with van der Waals surface area (Å²) in [5.74, 6) is 0.571. The summed E-state index contributed by atoms with van der Waals surface area (Å²) in [7, 11) is 0. The number of fused-ring (bicyclic) bond motifs is 1. The smallest absolute Gasteiger partial charge is 0.252 e. The van der Waals surface area contributed by atoms with Gasteiger partial charge in [-0.2, -0.15) is 0 Å². The first-order chi connectivity index (χ1) is 15.1. The second kappa shape index (κ2) is 10.0. The maximum Gasteiger partial charge on any atom is 0.252 e. The summed E-state index contributed by atoms with van der Waals surface area (Å²) in [6, 6.07) is 18.3. The molecule has 0 atom stereocenters. The van der Waals surface area contributed by atoms with Gasteiger partial charge in [-0.1, -0.05) is 56.3 Å². The van der Waals surface area contributed by atoms with E-state index in [1.165, 1.54) is 5.56 Å². The highest BCUT2D eigenvalue weighted by atomic mass is 16.5. The average molecular weight is 418 g/mol. The Balaban J connectivity index is 1.55. The molecule has 0 bridgehead atoms. The number of hydrogen-bond acceptors (Lipinski definition) is 4. The Morgan fingerprint density at radius 3 is 2.58 bits per heavy atom. The van der Waals surface area contributed by atoms with Crippen molar-refractivity contribution in [1.82, 2.24) is 15.2 Å². The van der Waals surface area contributed by atoms with Crippen LogP contribution in [0.15, 0.2) is 54.6 Å². The Morgan fingerprint density at radius 2 is 1.84 bits per heavy atom. The summed E-state index contributed by atoms with van der Waals surface area (Å²) in [5, 5.41) is 3.98. The molecule has 1 N–H and O–H groups in total. The number of carbonyl (C=O) groups excluding carboxylic acids is 1. The van der Waals surface area contributed by atoms with Crippen LogP contribution in [-0.4, -0.2) is 55.2 Å². The molecule has 1 aromatic heterocycles. The number of pyridine rings is 1. The number of hydrogen-bond donors (Lipinski definition) is 1. The van der Waals surface area contributed by atoms with Crippen molar-refractivity contribution in [3.05, 3.63) is 65.7 Å². The molecule has 0 spiro atoms. The van der Waals surface area contributed by atoms with Gasteiger partial charge in [0.25, 0.3) is 5.91 Å². The third-order valence-corrected chi connectivity index (χ3v) is 5.67. The molecule has 1 aliphatic rings. The number of nitrogens with one attached hydrogen (secondary N) is 1. The number of benzene rings is 2. The molecule has 0 unspecified atom stereocenters. The van der Waals surface area contributed by atoms with Gasteiger partial charge in [0.1, 0.15) is 0 Å². The van der Waals surface area contributed by atoms with E-state index in [1.54, 1.807) is 0 Å². The molecule has 0 aliphatic carbocycles. The molecule has 162 valence electrons. The fourth-order valence-electron chi connectivity index (χ4n) is 4.04. The van der Waals surface area contributed by atoms with Gasteiger partial charge in [-0.05, 0) is 30.0 Å². The first-order valence-electron chi connectivity index (χ1n) is 11.2. The standard InChI is InChI=1S/C26H31N3O2/c1-19(2)17-20-7-9-21(10-8-20)25-18-23(22-5-3-4-6-24(22)28-25)26(30)27-11-12-29-13-15-31-16-14-29/h3-10,18-19H,11-17H2,1-2H3,(H,27,30). The molecular weight excluding hydrogens is 386 g/mol. The molecule has 1 aliphatic heterocycles. The Bertz CT molecular complexity index is 1020. The topological polar surface area (TPSA) is 54.5 Å². The quantitative estimate of drug-likeness (QED) is 0.627. The van der Waals surface area contributed by atoms with E-state index in [0.717, 1.165) is 61.4 Å². The number of nitrogens with zero attached hydrogens (tertiary/aromatic N) is 2. The molecule has 31 heavy (non-hydrogen) atoms. The predicted molar refractivity (Wildman–Crippen MR) is 125 cm³/mol. The van der Waals surface area contributed by atoms with Crippen molar-refractivity contribution in [3.8, 4) is 11.3 Å². The van der Waals surface area contributed by atoms with Crippen molar-refractivity contribution in [1.29, 1.82) is 0 Å². The largest absolute Gasteiger partial charge is 0.379 e. The van der Waals surface area contributed by atoms with Crippen molar-refractivity contribution in [3.63, 3.8) is 0 Å². The van der Waals surface area contributed by atoms with Crippen LogP contribution in [0.1, 0.15) is 29.8 Å². The summed E-state index contributed by atoms with van der Waals surface area (Å²) in [6.45, 7) is 9.28. The van der Waals surface area contributed by atoms with Crippen LogP contribution in [0.2, 0.25) is 0 Å². The molecule has 5 heteroatoms. The molecule has 1 saturated heterocycles. The van der Waals surface area contributed by atoms with Crippen LogP contribution >= 0.6 is 0 Å². The Kier molecular flexibility index (Phi) is 6.95. The van der Waals surface area contributed by atoms with Gasteiger partial charge < -0.3 is 10.1 Å². The Labute approximate surface area is 184 Å².